The number of aromatic nitrogens is 2. The Morgan fingerprint density at radius 1 is 1.37 bits per heavy atom. The number of hydrogen-bond acceptors (Lipinski definition) is 5. The summed E-state index contributed by atoms with van der Waals surface area (Å²) in [5.41, 5.74) is 2.34. The van der Waals surface area contributed by atoms with Crippen LogP contribution in [0.2, 0.25) is 0 Å². The first-order valence-corrected chi connectivity index (χ1v) is 10.2. The van der Waals surface area contributed by atoms with Crippen molar-refractivity contribution in [3.05, 3.63) is 52.5 Å². The number of likely N-dealkylation sites (tertiary alicyclic amines) is 1. The minimum Gasteiger partial charge on any atom is -0.395 e. The predicted molar refractivity (Wildman–Crippen MR) is 107 cm³/mol. The summed E-state index contributed by atoms with van der Waals surface area (Å²) in [7, 11) is 0. The molecule has 1 atom stereocenters. The molecule has 0 radical (unpaired) electrons. The van der Waals surface area contributed by atoms with Gasteiger partial charge in [0.2, 0.25) is 0 Å². The number of nitrogens with zero attached hydrogens (tertiary/aromatic N) is 3. The van der Waals surface area contributed by atoms with Crippen molar-refractivity contribution in [3.63, 3.8) is 0 Å². The van der Waals surface area contributed by atoms with Gasteiger partial charge < -0.3 is 15.0 Å². The van der Waals surface area contributed by atoms with Crippen LogP contribution in [0.15, 0.2) is 42.0 Å². The predicted octanol–water partition coefficient (Wildman–Crippen LogP) is 2.48. The Balaban J connectivity index is 1.40. The van der Waals surface area contributed by atoms with Crippen LogP contribution in [0.1, 0.15) is 28.1 Å². The quantitative estimate of drug-likeness (QED) is 0.685. The fourth-order valence-corrected chi connectivity index (χ4v) is 4.45. The second-order valence-electron chi connectivity index (χ2n) is 6.99. The Morgan fingerprint density at radius 2 is 2.30 bits per heavy atom. The van der Waals surface area contributed by atoms with Gasteiger partial charge in [-0.2, -0.15) is 0 Å². The highest BCUT2D eigenvalue weighted by Crippen LogP contribution is 2.18. The molecule has 3 heterocycles. The summed E-state index contributed by atoms with van der Waals surface area (Å²) in [4.78, 5) is 20.8. The van der Waals surface area contributed by atoms with Gasteiger partial charge in [-0.15, -0.1) is 11.3 Å². The van der Waals surface area contributed by atoms with Crippen LogP contribution in [0, 0.1) is 0 Å². The lowest BCUT2D eigenvalue weighted by Crippen LogP contribution is -2.47. The third-order valence-corrected chi connectivity index (χ3v) is 5.89. The molecular weight excluding hydrogens is 360 g/mol. The van der Waals surface area contributed by atoms with Crippen LogP contribution < -0.4 is 5.32 Å². The van der Waals surface area contributed by atoms with Gasteiger partial charge in [0.15, 0.2) is 0 Å². The number of rotatable bonds is 6. The Morgan fingerprint density at radius 3 is 3.11 bits per heavy atom. The second-order valence-corrected chi connectivity index (χ2v) is 8.02. The average Bonchev–Trinajstić information content (AvgIpc) is 3.32. The SMILES string of the molecule is O=C(NC1CCCN(Cc2cccs2)C1)c1ccc2c(c1)ncn2CCO. The summed E-state index contributed by atoms with van der Waals surface area (Å²) < 4.78 is 1.89. The van der Waals surface area contributed by atoms with Crippen LogP contribution >= 0.6 is 11.3 Å². The van der Waals surface area contributed by atoms with Crippen molar-refractivity contribution in [2.24, 2.45) is 0 Å². The van der Waals surface area contributed by atoms with E-state index in [-0.39, 0.29) is 18.6 Å². The first kappa shape index (κ1) is 18.2. The number of carbonyl (C=O) groups excluding carboxylic acids is 1. The van der Waals surface area contributed by atoms with E-state index < -0.39 is 0 Å². The Hall–Kier alpha value is -2.22. The molecule has 4 rings (SSSR count). The van der Waals surface area contributed by atoms with E-state index in [9.17, 15) is 4.79 Å². The van der Waals surface area contributed by atoms with Gasteiger partial charge in [0, 0.05) is 36.1 Å². The third-order valence-electron chi connectivity index (χ3n) is 5.02. The van der Waals surface area contributed by atoms with Gasteiger partial charge in [0.1, 0.15) is 0 Å². The average molecular weight is 385 g/mol. The molecule has 2 N–H and O–H groups in total. The van der Waals surface area contributed by atoms with Crippen LogP contribution in [-0.2, 0) is 13.1 Å². The molecule has 142 valence electrons. The highest BCUT2D eigenvalue weighted by atomic mass is 32.1. The molecular formula is C20H24N4O2S. The molecule has 1 aliphatic heterocycles. The van der Waals surface area contributed by atoms with E-state index in [1.54, 1.807) is 17.7 Å². The zero-order valence-corrected chi connectivity index (χ0v) is 16.0. The molecule has 0 saturated carbocycles. The maximum Gasteiger partial charge on any atom is 0.251 e. The number of hydrogen-bond donors (Lipinski definition) is 2. The summed E-state index contributed by atoms with van der Waals surface area (Å²) in [5.74, 6) is -0.0448. The molecule has 1 aromatic carbocycles. The molecule has 1 fully saturated rings. The number of benzene rings is 1. The molecule has 0 spiro atoms. The number of aliphatic hydroxyl groups is 1. The summed E-state index contributed by atoms with van der Waals surface area (Å²) >= 11 is 1.78. The first-order chi connectivity index (χ1) is 13.2. The van der Waals surface area contributed by atoms with Crippen molar-refractivity contribution in [2.75, 3.05) is 19.7 Å². The lowest BCUT2D eigenvalue weighted by Gasteiger charge is -2.32. The number of aliphatic hydroxyl groups excluding tert-OH is 1. The van der Waals surface area contributed by atoms with Crippen LogP contribution in [0.25, 0.3) is 11.0 Å². The maximum atomic E-state index is 12.7. The normalized spacial score (nSPS) is 18.0. The molecule has 3 aromatic rings. The van der Waals surface area contributed by atoms with Crippen LogP contribution in [0.5, 0.6) is 0 Å². The van der Waals surface area contributed by atoms with E-state index in [1.165, 1.54) is 4.88 Å². The van der Waals surface area contributed by atoms with E-state index in [0.717, 1.165) is 43.5 Å². The first-order valence-electron chi connectivity index (χ1n) is 9.34. The van der Waals surface area contributed by atoms with Gasteiger partial charge in [0.25, 0.3) is 5.91 Å². The van der Waals surface area contributed by atoms with E-state index >= 15 is 0 Å². The summed E-state index contributed by atoms with van der Waals surface area (Å²) in [5, 5.41) is 14.4. The zero-order chi connectivity index (χ0) is 18.6. The van der Waals surface area contributed by atoms with E-state index in [4.69, 9.17) is 5.11 Å². The molecule has 1 saturated heterocycles. The fraction of sp³-hybridized carbons (Fsp3) is 0.400. The molecule has 1 unspecified atom stereocenters. The lowest BCUT2D eigenvalue weighted by atomic mass is 10.0. The monoisotopic (exact) mass is 384 g/mol. The molecule has 0 aliphatic carbocycles. The smallest absolute Gasteiger partial charge is 0.251 e. The highest BCUT2D eigenvalue weighted by molar-refractivity contribution is 7.09. The largest absolute Gasteiger partial charge is 0.395 e. The summed E-state index contributed by atoms with van der Waals surface area (Å²) in [6, 6.07) is 9.98. The number of imidazole rings is 1. The summed E-state index contributed by atoms with van der Waals surface area (Å²) in [6.07, 6.45) is 3.81. The number of nitrogens with one attached hydrogen (secondary N) is 1. The van der Waals surface area contributed by atoms with Crippen LogP contribution in [0.4, 0.5) is 0 Å². The number of carbonyl (C=O) groups is 1. The van der Waals surface area contributed by atoms with Crippen molar-refractivity contribution < 1.29 is 9.90 Å². The minimum atomic E-state index is -0.0448. The van der Waals surface area contributed by atoms with Crippen LogP contribution in [0.3, 0.4) is 0 Å². The fourth-order valence-electron chi connectivity index (χ4n) is 3.70. The molecule has 27 heavy (non-hydrogen) atoms. The number of piperidine rings is 1. The van der Waals surface area contributed by atoms with Crippen molar-refractivity contribution in [2.45, 2.75) is 32.0 Å². The highest BCUT2D eigenvalue weighted by Gasteiger charge is 2.22. The van der Waals surface area contributed by atoms with E-state index in [0.29, 0.717) is 12.1 Å². The number of fused-ring (bicyclic) bond motifs is 1. The molecule has 2 aromatic heterocycles. The van der Waals surface area contributed by atoms with Crippen molar-refractivity contribution in [1.29, 1.82) is 0 Å². The Bertz CT molecular complexity index is 906. The maximum absolute atomic E-state index is 12.7. The van der Waals surface area contributed by atoms with Crippen LogP contribution in [-0.4, -0.2) is 51.2 Å². The zero-order valence-electron chi connectivity index (χ0n) is 15.2. The number of thiophene rings is 1. The Labute approximate surface area is 162 Å². The topological polar surface area (TPSA) is 70.4 Å². The van der Waals surface area contributed by atoms with Gasteiger partial charge in [0.05, 0.1) is 24.0 Å². The van der Waals surface area contributed by atoms with Crippen molar-refractivity contribution in [3.8, 4) is 0 Å². The van der Waals surface area contributed by atoms with Gasteiger partial charge in [-0.05, 0) is 49.0 Å². The molecule has 1 aliphatic rings. The molecule has 1 amide bonds. The number of amides is 1. The lowest BCUT2D eigenvalue weighted by molar-refractivity contribution is 0.0901. The Kier molecular flexibility index (Phi) is 5.52. The van der Waals surface area contributed by atoms with Crippen molar-refractivity contribution in [1.82, 2.24) is 19.8 Å². The van der Waals surface area contributed by atoms with Gasteiger partial charge in [-0.3, -0.25) is 9.69 Å². The third kappa shape index (κ3) is 4.21. The van der Waals surface area contributed by atoms with Gasteiger partial charge in [-0.1, -0.05) is 6.07 Å². The molecule has 6 nitrogen and oxygen atoms in total. The molecule has 0 bridgehead atoms. The summed E-state index contributed by atoms with van der Waals surface area (Å²) in [6.45, 7) is 3.50. The minimum absolute atomic E-state index is 0.0448. The van der Waals surface area contributed by atoms with Gasteiger partial charge in [-0.25, -0.2) is 4.98 Å². The molecule has 7 heteroatoms. The van der Waals surface area contributed by atoms with E-state index in [1.807, 2.05) is 22.8 Å². The van der Waals surface area contributed by atoms with E-state index in [2.05, 4.69) is 32.7 Å². The second kappa shape index (κ2) is 8.21. The standard InChI is InChI=1S/C20H24N4O2S/c25-9-8-24-14-21-18-11-15(5-6-19(18)24)20(26)22-16-3-1-7-23(12-16)13-17-4-2-10-27-17/h2,4-6,10-11,14,16,25H,1,3,7-9,12-13H2,(H,22,26). The van der Waals surface area contributed by atoms with Crippen molar-refractivity contribution >= 4 is 28.3 Å². The van der Waals surface area contributed by atoms with Gasteiger partial charge >= 0.3 is 0 Å².